The third-order valence-corrected chi connectivity index (χ3v) is 4.88. The molecule has 0 saturated heterocycles. The largest absolute Gasteiger partial charge is 0.399 e. The molecule has 7 heteroatoms. The molecule has 20 heavy (non-hydrogen) atoms. The van der Waals surface area contributed by atoms with Gasteiger partial charge in [-0.1, -0.05) is 0 Å². The van der Waals surface area contributed by atoms with E-state index >= 15 is 0 Å². The number of sulfonamides is 1. The van der Waals surface area contributed by atoms with Crippen molar-refractivity contribution < 1.29 is 8.42 Å². The molecule has 0 unspecified atom stereocenters. The molecule has 1 aromatic carbocycles. The van der Waals surface area contributed by atoms with E-state index in [2.05, 4.69) is 4.98 Å². The predicted molar refractivity (Wildman–Crippen MR) is 79.0 cm³/mol. The standard InChI is InChI=1S/C13H18N4O2S/c1-4-17(12-7-5-11(14)6-8-12)20(18,19)13-9-16(3)10(2)15-13/h5-9H,4,14H2,1-3H3. The molecular formula is C13H18N4O2S. The van der Waals surface area contributed by atoms with Crippen LogP contribution in [0, 0.1) is 6.92 Å². The highest BCUT2D eigenvalue weighted by Crippen LogP contribution is 2.23. The normalized spacial score (nSPS) is 11.6. The lowest BCUT2D eigenvalue weighted by Crippen LogP contribution is -2.31. The molecule has 2 aromatic rings. The van der Waals surface area contributed by atoms with Crippen molar-refractivity contribution in [2.24, 2.45) is 7.05 Å². The minimum atomic E-state index is -3.66. The Bertz CT molecular complexity index is 685. The maximum Gasteiger partial charge on any atom is 0.283 e. The number of nitrogens with two attached hydrogens (primary N) is 1. The maximum absolute atomic E-state index is 12.6. The molecule has 0 aliphatic rings. The summed E-state index contributed by atoms with van der Waals surface area (Å²) >= 11 is 0. The van der Waals surface area contributed by atoms with E-state index in [4.69, 9.17) is 5.73 Å². The Morgan fingerprint density at radius 3 is 2.35 bits per heavy atom. The average molecular weight is 294 g/mol. The maximum atomic E-state index is 12.6. The van der Waals surface area contributed by atoms with Gasteiger partial charge in [-0.25, -0.2) is 4.98 Å². The van der Waals surface area contributed by atoms with Gasteiger partial charge in [0.2, 0.25) is 0 Å². The van der Waals surface area contributed by atoms with Gasteiger partial charge >= 0.3 is 0 Å². The molecule has 2 rings (SSSR count). The lowest BCUT2D eigenvalue weighted by Gasteiger charge is -2.21. The number of hydrogen-bond donors (Lipinski definition) is 1. The van der Waals surface area contributed by atoms with Gasteiger partial charge in [0.1, 0.15) is 5.82 Å². The van der Waals surface area contributed by atoms with Crippen LogP contribution < -0.4 is 10.0 Å². The van der Waals surface area contributed by atoms with Gasteiger partial charge in [0.05, 0.1) is 5.69 Å². The molecule has 1 aromatic heterocycles. The van der Waals surface area contributed by atoms with Crippen molar-refractivity contribution in [3.63, 3.8) is 0 Å². The molecule has 0 bridgehead atoms. The van der Waals surface area contributed by atoms with E-state index in [0.717, 1.165) is 0 Å². The van der Waals surface area contributed by atoms with Crippen molar-refractivity contribution >= 4 is 21.4 Å². The first kappa shape index (κ1) is 14.4. The second-order valence-corrected chi connectivity index (χ2v) is 6.31. The molecule has 6 nitrogen and oxygen atoms in total. The Kier molecular flexibility index (Phi) is 3.71. The Morgan fingerprint density at radius 2 is 1.90 bits per heavy atom. The highest BCUT2D eigenvalue weighted by Gasteiger charge is 2.26. The van der Waals surface area contributed by atoms with Crippen LogP contribution in [-0.2, 0) is 17.1 Å². The van der Waals surface area contributed by atoms with E-state index in [0.29, 0.717) is 23.7 Å². The van der Waals surface area contributed by atoms with E-state index in [1.165, 1.54) is 10.5 Å². The Hall–Kier alpha value is -2.02. The van der Waals surface area contributed by atoms with Crippen molar-refractivity contribution in [2.45, 2.75) is 18.9 Å². The summed E-state index contributed by atoms with van der Waals surface area (Å²) in [6.07, 6.45) is 1.52. The van der Waals surface area contributed by atoms with E-state index in [1.807, 2.05) is 0 Å². The molecule has 0 fully saturated rings. The zero-order chi connectivity index (χ0) is 14.9. The molecule has 1 heterocycles. The number of aryl methyl sites for hydroxylation is 2. The zero-order valence-electron chi connectivity index (χ0n) is 11.7. The van der Waals surface area contributed by atoms with Crippen LogP contribution in [-0.4, -0.2) is 24.5 Å². The van der Waals surface area contributed by atoms with Gasteiger partial charge in [-0.15, -0.1) is 0 Å². The van der Waals surface area contributed by atoms with E-state index in [-0.39, 0.29) is 5.03 Å². The monoisotopic (exact) mass is 294 g/mol. The first-order valence-corrected chi connectivity index (χ1v) is 7.68. The summed E-state index contributed by atoms with van der Waals surface area (Å²) in [4.78, 5) is 4.10. The summed E-state index contributed by atoms with van der Waals surface area (Å²) in [5, 5.41) is 0.0520. The Labute approximate surface area is 118 Å². The topological polar surface area (TPSA) is 81.2 Å². The van der Waals surface area contributed by atoms with Gasteiger partial charge in [-0.2, -0.15) is 8.42 Å². The third kappa shape index (κ3) is 2.49. The van der Waals surface area contributed by atoms with Gasteiger partial charge < -0.3 is 10.3 Å². The van der Waals surface area contributed by atoms with E-state index < -0.39 is 10.0 Å². The average Bonchev–Trinajstić information content (AvgIpc) is 2.73. The first-order valence-electron chi connectivity index (χ1n) is 6.24. The Morgan fingerprint density at radius 1 is 1.30 bits per heavy atom. The molecule has 0 aliphatic heterocycles. The van der Waals surface area contributed by atoms with Crippen molar-refractivity contribution in [3.05, 3.63) is 36.3 Å². The summed E-state index contributed by atoms with van der Waals surface area (Å²) in [7, 11) is -1.89. The quantitative estimate of drug-likeness (QED) is 0.867. The smallest absolute Gasteiger partial charge is 0.283 e. The van der Waals surface area contributed by atoms with Crippen molar-refractivity contribution in [3.8, 4) is 0 Å². The minimum Gasteiger partial charge on any atom is -0.399 e. The molecular weight excluding hydrogens is 276 g/mol. The van der Waals surface area contributed by atoms with Crippen LogP contribution in [0.15, 0.2) is 35.5 Å². The second-order valence-electron chi connectivity index (χ2n) is 4.50. The summed E-state index contributed by atoms with van der Waals surface area (Å²) < 4.78 is 28.3. The fourth-order valence-corrected chi connectivity index (χ4v) is 3.40. The van der Waals surface area contributed by atoms with Crippen LogP contribution in [0.4, 0.5) is 11.4 Å². The molecule has 2 N–H and O–H groups in total. The number of hydrogen-bond acceptors (Lipinski definition) is 4. The van der Waals surface area contributed by atoms with Crippen LogP contribution in [0.1, 0.15) is 12.7 Å². The van der Waals surface area contributed by atoms with Crippen LogP contribution in [0.25, 0.3) is 0 Å². The van der Waals surface area contributed by atoms with Gasteiger partial charge in [-0.3, -0.25) is 4.31 Å². The molecule has 0 amide bonds. The highest BCUT2D eigenvalue weighted by atomic mass is 32.2. The van der Waals surface area contributed by atoms with Gasteiger partial charge in [-0.05, 0) is 38.1 Å². The summed E-state index contributed by atoms with van der Waals surface area (Å²) in [6.45, 7) is 3.87. The van der Waals surface area contributed by atoms with Crippen LogP contribution in [0.3, 0.4) is 0 Å². The minimum absolute atomic E-state index is 0.0520. The number of imidazole rings is 1. The van der Waals surface area contributed by atoms with Gasteiger partial charge in [0.25, 0.3) is 10.0 Å². The van der Waals surface area contributed by atoms with Crippen LogP contribution >= 0.6 is 0 Å². The lowest BCUT2D eigenvalue weighted by molar-refractivity contribution is 0.588. The fourth-order valence-electron chi connectivity index (χ4n) is 1.90. The fraction of sp³-hybridized carbons (Fsp3) is 0.308. The summed E-state index contributed by atoms with van der Waals surface area (Å²) in [5.74, 6) is 0.650. The number of anilines is 2. The Balaban J connectivity index is 2.47. The molecule has 0 radical (unpaired) electrons. The molecule has 108 valence electrons. The van der Waals surface area contributed by atoms with Crippen molar-refractivity contribution in [1.82, 2.24) is 9.55 Å². The van der Waals surface area contributed by atoms with Crippen LogP contribution in [0.2, 0.25) is 0 Å². The second kappa shape index (κ2) is 5.16. The summed E-state index contributed by atoms with van der Waals surface area (Å²) in [6, 6.07) is 6.73. The third-order valence-electron chi connectivity index (χ3n) is 3.11. The number of benzene rings is 1. The van der Waals surface area contributed by atoms with Gasteiger partial charge in [0, 0.05) is 25.5 Å². The summed E-state index contributed by atoms with van der Waals surface area (Å²) in [5.41, 5.74) is 6.80. The van der Waals surface area contributed by atoms with Gasteiger partial charge in [0.15, 0.2) is 5.03 Å². The van der Waals surface area contributed by atoms with Crippen molar-refractivity contribution in [1.29, 1.82) is 0 Å². The molecule has 0 spiro atoms. The number of nitrogens with zero attached hydrogens (tertiary/aromatic N) is 3. The number of nitrogen functional groups attached to an aromatic ring is 1. The zero-order valence-corrected chi connectivity index (χ0v) is 12.6. The first-order chi connectivity index (χ1) is 9.36. The van der Waals surface area contributed by atoms with E-state index in [9.17, 15) is 8.42 Å². The van der Waals surface area contributed by atoms with Crippen molar-refractivity contribution in [2.75, 3.05) is 16.6 Å². The van der Waals surface area contributed by atoms with E-state index in [1.54, 1.807) is 49.7 Å². The molecule has 0 atom stereocenters. The number of aromatic nitrogens is 2. The predicted octanol–water partition coefficient (Wildman–Crippen LogP) is 1.53. The SMILES string of the molecule is CCN(c1ccc(N)cc1)S(=O)(=O)c1cn(C)c(C)n1. The highest BCUT2D eigenvalue weighted by molar-refractivity contribution is 7.92. The lowest BCUT2D eigenvalue weighted by atomic mass is 10.3. The number of rotatable bonds is 4. The van der Waals surface area contributed by atoms with Crippen LogP contribution in [0.5, 0.6) is 0 Å². The molecule has 0 aliphatic carbocycles. The molecule has 0 saturated carbocycles.